The molecule has 2 aromatic carbocycles. The topological polar surface area (TPSA) is 63.2 Å². The van der Waals surface area contributed by atoms with Crippen LogP contribution in [0.4, 0.5) is 8.78 Å². The summed E-state index contributed by atoms with van der Waals surface area (Å²) in [7, 11) is -4.05. The van der Waals surface area contributed by atoms with Crippen LogP contribution in [0.3, 0.4) is 0 Å². The molecule has 7 heteroatoms. The minimum atomic E-state index is -4.05. The fourth-order valence-corrected chi connectivity index (χ4v) is 4.29. The predicted octanol–water partition coefficient (Wildman–Crippen LogP) is 3.45. The van der Waals surface area contributed by atoms with E-state index < -0.39 is 22.0 Å². The number of alkyl halides is 2. The third kappa shape index (κ3) is 3.93. The number of rotatable bonds is 5. The van der Waals surface area contributed by atoms with Crippen LogP contribution in [0.5, 0.6) is 0 Å². The second kappa shape index (κ2) is 7.15. The van der Waals surface area contributed by atoms with Gasteiger partial charge in [-0.05, 0) is 55.2 Å². The Morgan fingerprint density at radius 1 is 1.19 bits per heavy atom. The SMILES string of the molecule is Cc1ccc2c(c1)CC[C@H]2NC(=O)c1ccc(S(=O)(=O)CC(F)F)cc1. The number of carbonyl (C=O) groups is 1. The van der Waals surface area contributed by atoms with Crippen LogP contribution in [0.25, 0.3) is 0 Å². The van der Waals surface area contributed by atoms with Crippen LogP contribution in [0.2, 0.25) is 0 Å². The van der Waals surface area contributed by atoms with E-state index in [1.165, 1.54) is 35.4 Å². The van der Waals surface area contributed by atoms with Gasteiger partial charge in [-0.2, -0.15) is 0 Å². The molecule has 138 valence electrons. The molecule has 0 radical (unpaired) electrons. The molecule has 0 bridgehead atoms. The highest BCUT2D eigenvalue weighted by atomic mass is 32.2. The summed E-state index contributed by atoms with van der Waals surface area (Å²) >= 11 is 0. The average molecular weight is 379 g/mol. The molecule has 1 amide bonds. The van der Waals surface area contributed by atoms with Gasteiger partial charge in [0.25, 0.3) is 12.3 Å². The van der Waals surface area contributed by atoms with Crippen molar-refractivity contribution < 1.29 is 22.0 Å². The van der Waals surface area contributed by atoms with Crippen molar-refractivity contribution in [1.82, 2.24) is 5.32 Å². The zero-order valence-corrected chi connectivity index (χ0v) is 15.0. The second-order valence-electron chi connectivity index (χ2n) is 6.46. The minimum absolute atomic E-state index is 0.0830. The summed E-state index contributed by atoms with van der Waals surface area (Å²) in [5.74, 6) is -1.54. The van der Waals surface area contributed by atoms with Crippen molar-refractivity contribution in [2.75, 3.05) is 5.75 Å². The first-order valence-electron chi connectivity index (χ1n) is 8.27. The molecule has 4 nitrogen and oxygen atoms in total. The van der Waals surface area contributed by atoms with Gasteiger partial charge in [0.1, 0.15) is 5.75 Å². The number of amides is 1. The summed E-state index contributed by atoms with van der Waals surface area (Å²) in [6.45, 7) is 2.02. The lowest BCUT2D eigenvalue weighted by molar-refractivity contribution is 0.0936. The quantitative estimate of drug-likeness (QED) is 0.865. The Labute approximate surface area is 151 Å². The molecule has 1 atom stereocenters. The van der Waals surface area contributed by atoms with Crippen LogP contribution in [0.1, 0.15) is 39.5 Å². The summed E-state index contributed by atoms with van der Waals surface area (Å²) in [5.41, 5.74) is 3.79. The molecule has 1 aliphatic carbocycles. The van der Waals surface area contributed by atoms with Gasteiger partial charge >= 0.3 is 0 Å². The average Bonchev–Trinajstić information content (AvgIpc) is 2.95. The van der Waals surface area contributed by atoms with Crippen molar-refractivity contribution in [2.24, 2.45) is 0 Å². The number of carbonyl (C=O) groups excluding carboxylic acids is 1. The fourth-order valence-electron chi connectivity index (χ4n) is 3.21. The molecular weight excluding hydrogens is 360 g/mol. The Morgan fingerprint density at radius 3 is 2.54 bits per heavy atom. The van der Waals surface area contributed by atoms with E-state index in [0.29, 0.717) is 5.56 Å². The van der Waals surface area contributed by atoms with Gasteiger partial charge in [-0.3, -0.25) is 4.79 Å². The lowest BCUT2D eigenvalue weighted by Crippen LogP contribution is -2.27. The van der Waals surface area contributed by atoms with Gasteiger partial charge in [0.15, 0.2) is 9.84 Å². The molecule has 1 aliphatic rings. The number of aryl methyl sites for hydroxylation is 2. The smallest absolute Gasteiger partial charge is 0.252 e. The number of hydrogen-bond donors (Lipinski definition) is 1. The van der Waals surface area contributed by atoms with Gasteiger partial charge in [0, 0.05) is 5.56 Å². The van der Waals surface area contributed by atoms with Crippen molar-refractivity contribution in [1.29, 1.82) is 0 Å². The van der Waals surface area contributed by atoms with Gasteiger partial charge < -0.3 is 5.32 Å². The molecule has 0 saturated carbocycles. The first-order chi connectivity index (χ1) is 12.3. The molecule has 0 heterocycles. The fraction of sp³-hybridized carbons (Fsp3) is 0.316. The highest BCUT2D eigenvalue weighted by Crippen LogP contribution is 2.31. The van der Waals surface area contributed by atoms with Crippen molar-refractivity contribution in [2.45, 2.75) is 37.1 Å². The van der Waals surface area contributed by atoms with Crippen LogP contribution >= 0.6 is 0 Å². The number of sulfone groups is 1. The molecule has 0 saturated heterocycles. The van der Waals surface area contributed by atoms with Gasteiger partial charge in [-0.1, -0.05) is 23.8 Å². The van der Waals surface area contributed by atoms with Crippen molar-refractivity contribution in [3.05, 3.63) is 64.7 Å². The zero-order chi connectivity index (χ0) is 18.9. The van der Waals surface area contributed by atoms with E-state index in [0.717, 1.165) is 18.4 Å². The lowest BCUT2D eigenvalue weighted by Gasteiger charge is -2.14. The molecule has 1 N–H and O–H groups in total. The van der Waals surface area contributed by atoms with Crippen LogP contribution in [-0.2, 0) is 16.3 Å². The van der Waals surface area contributed by atoms with Crippen LogP contribution in [-0.4, -0.2) is 26.5 Å². The number of fused-ring (bicyclic) bond motifs is 1. The van der Waals surface area contributed by atoms with Crippen molar-refractivity contribution in [3.8, 4) is 0 Å². The first-order valence-corrected chi connectivity index (χ1v) is 9.93. The van der Waals surface area contributed by atoms with E-state index >= 15 is 0 Å². The summed E-state index contributed by atoms with van der Waals surface area (Å²) in [6, 6.07) is 11.1. The van der Waals surface area contributed by atoms with Crippen molar-refractivity contribution >= 4 is 15.7 Å². The van der Waals surface area contributed by atoms with E-state index in [4.69, 9.17) is 0 Å². The first kappa shape index (κ1) is 18.5. The Morgan fingerprint density at radius 2 is 1.88 bits per heavy atom. The normalized spacial score (nSPS) is 16.5. The maximum Gasteiger partial charge on any atom is 0.252 e. The molecule has 0 spiro atoms. The molecular formula is C19H19F2NO3S. The Hall–Kier alpha value is -2.28. The van der Waals surface area contributed by atoms with E-state index in [1.54, 1.807) is 0 Å². The van der Waals surface area contributed by atoms with Crippen LogP contribution < -0.4 is 5.32 Å². The molecule has 0 aliphatic heterocycles. The number of hydrogen-bond acceptors (Lipinski definition) is 3. The van der Waals surface area contributed by atoms with Gasteiger partial charge in [0.2, 0.25) is 0 Å². The Bertz CT molecular complexity index is 924. The Balaban J connectivity index is 1.72. The maximum atomic E-state index is 12.4. The molecule has 0 aromatic heterocycles. The number of nitrogens with one attached hydrogen (secondary N) is 1. The number of halogens is 2. The van der Waals surface area contributed by atoms with Crippen LogP contribution in [0.15, 0.2) is 47.4 Å². The summed E-state index contributed by atoms with van der Waals surface area (Å²) in [6.07, 6.45) is -1.23. The van der Waals surface area contributed by atoms with Crippen molar-refractivity contribution in [3.63, 3.8) is 0 Å². The zero-order valence-electron chi connectivity index (χ0n) is 14.2. The van der Waals surface area contributed by atoms with E-state index in [1.807, 2.05) is 19.1 Å². The standard InChI is InChI=1S/C19H19F2NO3S/c1-12-2-8-16-14(10-12)5-9-17(16)22-19(23)13-3-6-15(7-4-13)26(24,25)11-18(20)21/h2-4,6-8,10,17-18H,5,9,11H2,1H3,(H,22,23)/t17-/m1/s1. The molecule has 2 aromatic rings. The highest BCUT2D eigenvalue weighted by Gasteiger charge is 2.25. The highest BCUT2D eigenvalue weighted by molar-refractivity contribution is 7.91. The molecule has 0 unspecified atom stereocenters. The summed E-state index contributed by atoms with van der Waals surface area (Å²) < 4.78 is 48.3. The minimum Gasteiger partial charge on any atom is -0.345 e. The van der Waals surface area contributed by atoms with E-state index in [2.05, 4.69) is 11.4 Å². The van der Waals surface area contributed by atoms with E-state index in [-0.39, 0.29) is 16.8 Å². The molecule has 0 fully saturated rings. The lowest BCUT2D eigenvalue weighted by atomic mass is 10.1. The third-order valence-electron chi connectivity index (χ3n) is 4.50. The van der Waals surface area contributed by atoms with Gasteiger partial charge in [-0.25, -0.2) is 17.2 Å². The molecule has 26 heavy (non-hydrogen) atoms. The summed E-state index contributed by atoms with van der Waals surface area (Å²) in [4.78, 5) is 12.2. The summed E-state index contributed by atoms with van der Waals surface area (Å²) in [5, 5.41) is 2.95. The second-order valence-corrected chi connectivity index (χ2v) is 8.50. The predicted molar refractivity (Wildman–Crippen MR) is 94.2 cm³/mol. The monoisotopic (exact) mass is 379 g/mol. The van der Waals surface area contributed by atoms with E-state index in [9.17, 15) is 22.0 Å². The number of benzene rings is 2. The Kier molecular flexibility index (Phi) is 5.09. The van der Waals surface area contributed by atoms with Gasteiger partial charge in [-0.15, -0.1) is 0 Å². The maximum absolute atomic E-state index is 12.4. The van der Waals surface area contributed by atoms with Gasteiger partial charge in [0.05, 0.1) is 10.9 Å². The molecule has 3 rings (SSSR count). The largest absolute Gasteiger partial charge is 0.345 e. The van der Waals surface area contributed by atoms with Crippen LogP contribution in [0, 0.1) is 6.92 Å². The third-order valence-corrected chi connectivity index (χ3v) is 6.18.